The maximum absolute atomic E-state index is 12.8. The van der Waals surface area contributed by atoms with Gasteiger partial charge in [-0.05, 0) is 69.9 Å². The van der Waals surface area contributed by atoms with Crippen LogP contribution < -0.4 is 20.3 Å². The molecular weight excluding hydrogens is 414 g/mol. The molecule has 0 aliphatic heterocycles. The first-order chi connectivity index (χ1) is 16.0. The quantitative estimate of drug-likeness (QED) is 0.629. The Morgan fingerprint density at radius 2 is 1.76 bits per heavy atom. The predicted octanol–water partition coefficient (Wildman–Crippen LogP) is 4.12. The SMILES string of the molecule is CCC(Oc1ccccc1)C(=O)NC1CCC(Nc2nc3c(c(N(C)C)n2)CCCC3)CC1. The first kappa shape index (κ1) is 23.3. The minimum atomic E-state index is -0.461. The largest absolute Gasteiger partial charge is 0.481 e. The molecule has 2 aromatic rings. The molecule has 1 aromatic carbocycles. The van der Waals surface area contributed by atoms with Crippen molar-refractivity contribution in [3.8, 4) is 5.75 Å². The number of aromatic nitrogens is 2. The molecule has 1 fully saturated rings. The highest BCUT2D eigenvalue weighted by Crippen LogP contribution is 2.29. The number of rotatable bonds is 8. The maximum Gasteiger partial charge on any atom is 0.261 e. The third kappa shape index (κ3) is 5.95. The Bertz CT molecular complexity index is 926. The summed E-state index contributed by atoms with van der Waals surface area (Å²) in [6.07, 6.45) is 8.56. The molecular formula is C26H37N5O2. The van der Waals surface area contributed by atoms with Gasteiger partial charge in [0.05, 0.1) is 5.69 Å². The number of carbonyl (C=O) groups is 1. The number of hydrogen-bond acceptors (Lipinski definition) is 6. The molecule has 0 spiro atoms. The van der Waals surface area contributed by atoms with Crippen molar-refractivity contribution in [3.05, 3.63) is 41.6 Å². The second-order valence-corrected chi connectivity index (χ2v) is 9.43. The van der Waals surface area contributed by atoms with E-state index in [4.69, 9.17) is 14.7 Å². The molecule has 0 saturated heterocycles. The first-order valence-electron chi connectivity index (χ1n) is 12.4. The zero-order chi connectivity index (χ0) is 23.2. The predicted molar refractivity (Wildman–Crippen MR) is 132 cm³/mol. The minimum absolute atomic E-state index is 0.0218. The number of anilines is 2. The van der Waals surface area contributed by atoms with Gasteiger partial charge in [-0.1, -0.05) is 25.1 Å². The van der Waals surface area contributed by atoms with Gasteiger partial charge in [-0.15, -0.1) is 0 Å². The average molecular weight is 452 g/mol. The summed E-state index contributed by atoms with van der Waals surface area (Å²) in [7, 11) is 4.11. The summed E-state index contributed by atoms with van der Waals surface area (Å²) in [5, 5.41) is 6.79. The lowest BCUT2D eigenvalue weighted by Crippen LogP contribution is -2.46. The van der Waals surface area contributed by atoms with E-state index < -0.39 is 6.10 Å². The number of hydrogen-bond donors (Lipinski definition) is 2. The van der Waals surface area contributed by atoms with Crippen LogP contribution in [0.4, 0.5) is 11.8 Å². The Labute approximate surface area is 197 Å². The molecule has 2 N–H and O–H groups in total. The molecule has 4 rings (SSSR count). The molecule has 7 nitrogen and oxygen atoms in total. The third-order valence-electron chi connectivity index (χ3n) is 6.68. The molecule has 1 heterocycles. The normalized spacial score (nSPS) is 20.9. The lowest BCUT2D eigenvalue weighted by atomic mass is 9.91. The van der Waals surface area contributed by atoms with Gasteiger partial charge in [-0.2, -0.15) is 4.98 Å². The summed E-state index contributed by atoms with van der Waals surface area (Å²) in [5.74, 6) is 2.50. The molecule has 178 valence electrons. The van der Waals surface area contributed by atoms with E-state index in [1.165, 1.54) is 24.1 Å². The van der Waals surface area contributed by atoms with Crippen LogP contribution in [0.3, 0.4) is 0 Å². The fourth-order valence-electron chi connectivity index (χ4n) is 4.85. The standard InChI is InChI=1S/C26H37N5O2/c1-4-23(33-20-10-6-5-7-11-20)25(32)27-18-14-16-19(17-15-18)28-26-29-22-13-9-8-12-21(22)24(30-26)31(2)3/h5-7,10-11,18-19,23H,4,8-9,12-17H2,1-3H3,(H,27,32)(H,28,29,30). The van der Waals surface area contributed by atoms with Gasteiger partial charge in [0.2, 0.25) is 5.95 Å². The Morgan fingerprint density at radius 3 is 2.45 bits per heavy atom. The average Bonchev–Trinajstić information content (AvgIpc) is 2.83. The zero-order valence-corrected chi connectivity index (χ0v) is 20.1. The molecule has 1 atom stereocenters. The lowest BCUT2D eigenvalue weighted by Gasteiger charge is -2.31. The van der Waals surface area contributed by atoms with Gasteiger partial charge in [0.1, 0.15) is 11.6 Å². The highest BCUT2D eigenvalue weighted by molar-refractivity contribution is 5.81. The van der Waals surface area contributed by atoms with Gasteiger partial charge in [0, 0.05) is 31.7 Å². The molecule has 0 radical (unpaired) electrons. The van der Waals surface area contributed by atoms with E-state index in [0.717, 1.165) is 56.0 Å². The number of ether oxygens (including phenoxy) is 1. The molecule has 1 amide bonds. The van der Waals surface area contributed by atoms with Crippen LogP contribution in [0, 0.1) is 0 Å². The van der Waals surface area contributed by atoms with E-state index in [0.29, 0.717) is 12.5 Å². The number of carbonyl (C=O) groups excluding carboxylic acids is 1. The Hall–Kier alpha value is -2.83. The van der Waals surface area contributed by atoms with Crippen molar-refractivity contribution < 1.29 is 9.53 Å². The number of amides is 1. The topological polar surface area (TPSA) is 79.4 Å². The van der Waals surface area contributed by atoms with Crippen molar-refractivity contribution in [2.45, 2.75) is 82.9 Å². The maximum atomic E-state index is 12.8. The summed E-state index contributed by atoms with van der Waals surface area (Å²) in [6.45, 7) is 1.98. The molecule has 0 bridgehead atoms. The smallest absolute Gasteiger partial charge is 0.261 e. The molecule has 1 aromatic heterocycles. The zero-order valence-electron chi connectivity index (χ0n) is 20.1. The van der Waals surface area contributed by atoms with Crippen molar-refractivity contribution in [2.75, 3.05) is 24.3 Å². The number of nitrogens with one attached hydrogen (secondary N) is 2. The number of nitrogens with zero attached hydrogens (tertiary/aromatic N) is 3. The third-order valence-corrected chi connectivity index (χ3v) is 6.68. The van der Waals surface area contributed by atoms with E-state index in [9.17, 15) is 4.79 Å². The van der Waals surface area contributed by atoms with Crippen LogP contribution in [0.1, 0.15) is 63.1 Å². The Kier molecular flexibility index (Phi) is 7.68. The van der Waals surface area contributed by atoms with Gasteiger partial charge < -0.3 is 20.3 Å². The van der Waals surface area contributed by atoms with Crippen LogP contribution >= 0.6 is 0 Å². The number of aryl methyl sites for hydroxylation is 1. The van der Waals surface area contributed by atoms with Crippen LogP contribution in [-0.2, 0) is 17.6 Å². The van der Waals surface area contributed by atoms with Gasteiger partial charge in [0.15, 0.2) is 6.10 Å². The minimum Gasteiger partial charge on any atom is -0.481 e. The monoisotopic (exact) mass is 451 g/mol. The second kappa shape index (κ2) is 10.9. The van der Waals surface area contributed by atoms with Crippen molar-refractivity contribution >= 4 is 17.7 Å². The summed E-state index contributed by atoms with van der Waals surface area (Å²) in [4.78, 5) is 24.6. The number of para-hydroxylation sites is 1. The fraction of sp³-hybridized carbons (Fsp3) is 0.577. The van der Waals surface area contributed by atoms with Crippen LogP contribution in [0.2, 0.25) is 0 Å². The van der Waals surface area contributed by atoms with E-state index in [1.807, 2.05) is 37.3 Å². The van der Waals surface area contributed by atoms with E-state index >= 15 is 0 Å². The van der Waals surface area contributed by atoms with Crippen molar-refractivity contribution in [2.24, 2.45) is 0 Å². The molecule has 33 heavy (non-hydrogen) atoms. The van der Waals surface area contributed by atoms with Gasteiger partial charge >= 0.3 is 0 Å². The van der Waals surface area contributed by atoms with Crippen molar-refractivity contribution in [1.82, 2.24) is 15.3 Å². The summed E-state index contributed by atoms with van der Waals surface area (Å²) < 4.78 is 5.90. The van der Waals surface area contributed by atoms with Gasteiger partial charge in [-0.3, -0.25) is 4.79 Å². The number of benzene rings is 1. The Balaban J connectivity index is 1.30. The van der Waals surface area contributed by atoms with Crippen LogP contribution in [0.15, 0.2) is 30.3 Å². The highest BCUT2D eigenvalue weighted by Gasteiger charge is 2.27. The van der Waals surface area contributed by atoms with Crippen molar-refractivity contribution in [3.63, 3.8) is 0 Å². The van der Waals surface area contributed by atoms with Crippen LogP contribution in [0.25, 0.3) is 0 Å². The van der Waals surface area contributed by atoms with E-state index in [2.05, 4.69) is 29.6 Å². The summed E-state index contributed by atoms with van der Waals surface area (Å²) >= 11 is 0. The highest BCUT2D eigenvalue weighted by atomic mass is 16.5. The number of fused-ring (bicyclic) bond motifs is 1. The van der Waals surface area contributed by atoms with E-state index in [1.54, 1.807) is 0 Å². The van der Waals surface area contributed by atoms with Crippen molar-refractivity contribution in [1.29, 1.82) is 0 Å². The van der Waals surface area contributed by atoms with Crippen LogP contribution in [-0.4, -0.2) is 48.2 Å². The van der Waals surface area contributed by atoms with Crippen LogP contribution in [0.5, 0.6) is 5.75 Å². The summed E-state index contributed by atoms with van der Waals surface area (Å²) in [6, 6.07) is 10.1. The molecule has 2 aliphatic rings. The summed E-state index contributed by atoms with van der Waals surface area (Å²) in [5.41, 5.74) is 2.51. The van der Waals surface area contributed by atoms with E-state index in [-0.39, 0.29) is 11.9 Å². The molecule has 2 aliphatic carbocycles. The molecule has 7 heteroatoms. The van der Waals surface area contributed by atoms with Gasteiger partial charge in [-0.25, -0.2) is 4.98 Å². The lowest BCUT2D eigenvalue weighted by molar-refractivity contribution is -0.129. The molecule has 1 unspecified atom stereocenters. The Morgan fingerprint density at radius 1 is 1.06 bits per heavy atom. The first-order valence-corrected chi connectivity index (χ1v) is 12.4. The fourth-order valence-corrected chi connectivity index (χ4v) is 4.85. The second-order valence-electron chi connectivity index (χ2n) is 9.43. The molecule has 1 saturated carbocycles. The van der Waals surface area contributed by atoms with Gasteiger partial charge in [0.25, 0.3) is 5.91 Å².